The molecular weight excluding hydrogens is 763 g/mol. The summed E-state index contributed by atoms with van der Waals surface area (Å²) in [6, 6.07) is 9.49. The number of hydrogen-bond acceptors (Lipinski definition) is 14. The number of aromatic nitrogens is 4. The number of anilines is 2. The summed E-state index contributed by atoms with van der Waals surface area (Å²) in [4.78, 5) is 86.0. The quantitative estimate of drug-likeness (QED) is 0.0749. The van der Waals surface area contributed by atoms with Crippen LogP contribution in [0.1, 0.15) is 75.2 Å². The molecule has 1 saturated heterocycles. The molecule has 6 amide bonds. The molecule has 2 aliphatic heterocycles. The molecule has 0 radical (unpaired) electrons. The highest BCUT2D eigenvalue weighted by Crippen LogP contribution is 2.33. The molecule has 19 heteroatoms. The van der Waals surface area contributed by atoms with Gasteiger partial charge in [0.05, 0.1) is 60.6 Å². The predicted octanol–water partition coefficient (Wildman–Crippen LogP) is 1.43. The van der Waals surface area contributed by atoms with E-state index >= 15 is 0 Å². The van der Waals surface area contributed by atoms with Crippen molar-refractivity contribution in [2.45, 2.75) is 56.7 Å². The fourth-order valence-electron chi connectivity index (χ4n) is 7.30. The molecule has 1 unspecified atom stereocenters. The summed E-state index contributed by atoms with van der Waals surface area (Å²) >= 11 is 0. The van der Waals surface area contributed by atoms with Gasteiger partial charge in [-0.25, -0.2) is 9.97 Å². The first kappa shape index (κ1) is 39.1. The highest BCUT2D eigenvalue weighted by molar-refractivity contribution is 6.25. The molecule has 8 rings (SSSR count). The lowest BCUT2D eigenvalue weighted by molar-refractivity contribution is -0.136. The van der Waals surface area contributed by atoms with Crippen LogP contribution in [0.15, 0.2) is 48.9 Å². The standard InChI is InChI=1S/C40H41N11O8/c41-18-22-14-24-20-46-51(35(24)45-19-22)32-17-30(47-25-4-5-25)28(21-44-32)37(54)48-26-15-23(16-26)36(53)43-9-11-59-13-12-58-10-8-42-29-3-1-2-27-34(29)40(57)50(39(27)56)31-6-7-33(52)49-38(31)55/h1-3,14,17,19-21,23,25-26,31,42H,4-13,15-16H2,(H,43,53)(H,44,47)(H,48,54)(H,49,52,55)/t23-,26-,31?. The Morgan fingerprint density at radius 3 is 2.46 bits per heavy atom. The average molecular weight is 804 g/mol. The van der Waals surface area contributed by atoms with Crippen molar-refractivity contribution in [3.05, 3.63) is 71.2 Å². The summed E-state index contributed by atoms with van der Waals surface area (Å²) in [7, 11) is 0. The Morgan fingerprint density at radius 2 is 1.69 bits per heavy atom. The molecule has 19 nitrogen and oxygen atoms in total. The number of nitrogens with zero attached hydrogens (tertiary/aromatic N) is 6. The predicted molar refractivity (Wildman–Crippen MR) is 208 cm³/mol. The number of carbonyl (C=O) groups is 6. The third-order valence-electron chi connectivity index (χ3n) is 10.6. The van der Waals surface area contributed by atoms with E-state index in [-0.39, 0.29) is 60.4 Å². The van der Waals surface area contributed by atoms with Crippen LogP contribution in [0, 0.1) is 17.2 Å². The Balaban J connectivity index is 0.713. The van der Waals surface area contributed by atoms with Crippen LogP contribution in [-0.2, 0) is 23.9 Å². The molecule has 0 bridgehead atoms. The van der Waals surface area contributed by atoms with Gasteiger partial charge < -0.3 is 30.7 Å². The zero-order valence-corrected chi connectivity index (χ0v) is 31.9. The number of benzene rings is 1. The minimum atomic E-state index is -1.04. The monoisotopic (exact) mass is 803 g/mol. The van der Waals surface area contributed by atoms with E-state index in [0.29, 0.717) is 85.1 Å². The molecule has 3 fully saturated rings. The average Bonchev–Trinajstić information content (AvgIpc) is 3.87. The largest absolute Gasteiger partial charge is 0.382 e. The van der Waals surface area contributed by atoms with Crippen molar-refractivity contribution in [2.24, 2.45) is 5.92 Å². The van der Waals surface area contributed by atoms with Crippen molar-refractivity contribution in [3.8, 4) is 11.9 Å². The van der Waals surface area contributed by atoms with Gasteiger partial charge in [-0.2, -0.15) is 15.0 Å². The maximum absolute atomic E-state index is 13.4. The van der Waals surface area contributed by atoms with Crippen molar-refractivity contribution < 1.29 is 38.2 Å². The van der Waals surface area contributed by atoms with Crippen LogP contribution < -0.4 is 26.6 Å². The molecule has 4 aromatic rings. The molecule has 5 N–H and O–H groups in total. The minimum absolute atomic E-state index is 0.0461. The van der Waals surface area contributed by atoms with Crippen molar-refractivity contribution in [2.75, 3.05) is 50.2 Å². The summed E-state index contributed by atoms with van der Waals surface area (Å²) in [5, 5.41) is 28.9. The maximum atomic E-state index is 13.4. The molecule has 2 saturated carbocycles. The number of piperidine rings is 1. The first-order valence-electron chi connectivity index (χ1n) is 19.5. The molecule has 1 aromatic carbocycles. The minimum Gasteiger partial charge on any atom is -0.382 e. The lowest BCUT2D eigenvalue weighted by Crippen LogP contribution is -2.54. The van der Waals surface area contributed by atoms with Gasteiger partial charge in [0.2, 0.25) is 17.7 Å². The highest BCUT2D eigenvalue weighted by atomic mass is 16.5. The van der Waals surface area contributed by atoms with Gasteiger partial charge in [0, 0.05) is 67.0 Å². The third-order valence-corrected chi connectivity index (χ3v) is 10.6. The highest BCUT2D eigenvalue weighted by Gasteiger charge is 2.45. The third kappa shape index (κ3) is 8.44. The number of rotatable bonds is 17. The van der Waals surface area contributed by atoms with Crippen LogP contribution in [0.25, 0.3) is 16.9 Å². The van der Waals surface area contributed by atoms with Gasteiger partial charge in [0.25, 0.3) is 17.7 Å². The van der Waals surface area contributed by atoms with Crippen molar-refractivity contribution in [1.82, 2.24) is 40.6 Å². The smallest absolute Gasteiger partial charge is 0.264 e. The van der Waals surface area contributed by atoms with Crippen LogP contribution in [0.3, 0.4) is 0 Å². The lowest BCUT2D eigenvalue weighted by atomic mass is 9.79. The molecule has 2 aliphatic carbocycles. The Kier molecular flexibility index (Phi) is 11.2. The van der Waals surface area contributed by atoms with Gasteiger partial charge >= 0.3 is 0 Å². The van der Waals surface area contributed by atoms with Crippen molar-refractivity contribution >= 4 is 57.9 Å². The summed E-state index contributed by atoms with van der Waals surface area (Å²) in [5.74, 6) is -2.37. The van der Waals surface area contributed by atoms with Gasteiger partial charge in [0.15, 0.2) is 11.5 Å². The van der Waals surface area contributed by atoms with Crippen molar-refractivity contribution in [3.63, 3.8) is 0 Å². The molecule has 3 aromatic heterocycles. The normalized spacial score (nSPS) is 19.8. The molecule has 304 valence electrons. The van der Waals surface area contributed by atoms with Gasteiger partial charge in [0.1, 0.15) is 12.1 Å². The number of fused-ring (bicyclic) bond motifs is 2. The summed E-state index contributed by atoms with van der Waals surface area (Å²) < 4.78 is 12.8. The SMILES string of the molecule is N#Cc1cnc2c(cnn2-c2cc(NC3CC3)c(C(=O)N[C@H]3C[C@H](C(=O)NCCOCCOCCNc4cccc5c4C(=O)N(C4CCC(=O)NC4=O)C5=O)C3)cn2)c1. The van der Waals surface area contributed by atoms with Gasteiger partial charge in [-0.15, -0.1) is 0 Å². The van der Waals surface area contributed by atoms with E-state index in [2.05, 4.69) is 47.7 Å². The van der Waals surface area contributed by atoms with Gasteiger partial charge in [-0.1, -0.05) is 6.07 Å². The van der Waals surface area contributed by atoms with Gasteiger partial charge in [-0.3, -0.25) is 39.0 Å². The molecule has 4 aliphatic rings. The Labute approximate surface area is 337 Å². The topological polar surface area (TPSA) is 252 Å². The zero-order chi connectivity index (χ0) is 41.0. The van der Waals surface area contributed by atoms with E-state index in [9.17, 15) is 34.0 Å². The maximum Gasteiger partial charge on any atom is 0.264 e. The first-order chi connectivity index (χ1) is 28.7. The Morgan fingerprint density at radius 1 is 0.898 bits per heavy atom. The second kappa shape index (κ2) is 17.0. The number of nitriles is 1. The second-order valence-electron chi connectivity index (χ2n) is 14.8. The van der Waals surface area contributed by atoms with Crippen LogP contribution in [0.2, 0.25) is 0 Å². The van der Waals surface area contributed by atoms with Gasteiger partial charge in [-0.05, 0) is 50.3 Å². The van der Waals surface area contributed by atoms with Crippen LogP contribution in [0.5, 0.6) is 0 Å². The lowest BCUT2D eigenvalue weighted by Gasteiger charge is -2.34. The molecule has 59 heavy (non-hydrogen) atoms. The van der Waals surface area contributed by atoms with E-state index < -0.39 is 29.7 Å². The number of imide groups is 2. The van der Waals surface area contributed by atoms with Crippen molar-refractivity contribution in [1.29, 1.82) is 5.26 Å². The molecule has 5 heterocycles. The van der Waals surface area contributed by atoms with Crippen LogP contribution >= 0.6 is 0 Å². The number of pyridine rings is 2. The zero-order valence-electron chi connectivity index (χ0n) is 31.9. The number of hydrogen-bond donors (Lipinski definition) is 5. The van der Waals surface area contributed by atoms with E-state index in [1.807, 2.05) is 0 Å². The Bertz CT molecular complexity index is 2380. The molecule has 1 atom stereocenters. The van der Waals surface area contributed by atoms with Crippen LogP contribution in [-0.4, -0.2) is 118 Å². The number of amides is 6. The summed E-state index contributed by atoms with van der Waals surface area (Å²) in [6.07, 6.45) is 7.78. The van der Waals surface area contributed by atoms with E-state index in [0.717, 1.165) is 17.7 Å². The second-order valence-corrected chi connectivity index (χ2v) is 14.8. The summed E-state index contributed by atoms with van der Waals surface area (Å²) in [6.45, 7) is 1.84. The molecular formula is C40H41N11O8. The fourth-order valence-corrected chi connectivity index (χ4v) is 7.30. The number of nitrogens with one attached hydrogen (secondary N) is 5. The van der Waals surface area contributed by atoms with E-state index in [1.165, 1.54) is 18.5 Å². The fraction of sp³-hybridized carbons (Fsp3) is 0.400. The van der Waals surface area contributed by atoms with Crippen LogP contribution in [0.4, 0.5) is 11.4 Å². The van der Waals surface area contributed by atoms with E-state index in [4.69, 9.17) is 9.47 Å². The Hall–Kier alpha value is -6.78. The van der Waals surface area contributed by atoms with E-state index in [1.54, 1.807) is 35.1 Å². The molecule has 0 spiro atoms. The summed E-state index contributed by atoms with van der Waals surface area (Å²) in [5.41, 5.74) is 2.83. The first-order valence-corrected chi connectivity index (χ1v) is 19.5. The number of ether oxygens (including phenoxy) is 2. The number of carbonyl (C=O) groups excluding carboxylic acids is 6.